The molecule has 1 N–H and O–H groups in total. The van der Waals surface area contributed by atoms with Crippen LogP contribution < -0.4 is 5.32 Å². The molecule has 1 fully saturated rings. The Kier molecular flexibility index (Phi) is 7.15. The minimum absolute atomic E-state index is 0.00851. The second-order valence-electron chi connectivity index (χ2n) is 7.03. The Labute approximate surface area is 170 Å². The molecule has 0 unspecified atom stereocenters. The van der Waals surface area contributed by atoms with Crippen LogP contribution >= 0.6 is 11.6 Å². The predicted molar refractivity (Wildman–Crippen MR) is 108 cm³/mol. The van der Waals surface area contributed by atoms with E-state index in [0.717, 1.165) is 18.6 Å². The molecule has 6 nitrogen and oxygen atoms in total. The number of sulfonamides is 1. The molecule has 1 aliphatic heterocycles. The van der Waals surface area contributed by atoms with Crippen molar-refractivity contribution in [2.24, 2.45) is 5.92 Å². The van der Waals surface area contributed by atoms with Crippen molar-refractivity contribution >= 4 is 27.5 Å². The predicted octanol–water partition coefficient (Wildman–Crippen LogP) is 3.22. The number of hydrogen-bond acceptors (Lipinski definition) is 4. The summed E-state index contributed by atoms with van der Waals surface area (Å²) < 4.78 is 32.0. The maximum absolute atomic E-state index is 12.6. The van der Waals surface area contributed by atoms with E-state index in [9.17, 15) is 13.2 Å². The van der Waals surface area contributed by atoms with Gasteiger partial charge in [0.1, 0.15) is 5.76 Å². The Morgan fingerprint density at radius 3 is 2.54 bits per heavy atom. The number of hydrogen-bond donors (Lipinski definition) is 1. The topological polar surface area (TPSA) is 79.6 Å². The molecule has 8 heteroatoms. The van der Waals surface area contributed by atoms with Gasteiger partial charge in [-0.3, -0.25) is 4.79 Å². The Balaban J connectivity index is 1.41. The van der Waals surface area contributed by atoms with Crippen LogP contribution in [0.25, 0.3) is 0 Å². The van der Waals surface area contributed by atoms with Gasteiger partial charge in [-0.2, -0.15) is 0 Å². The average Bonchev–Trinajstić information content (AvgIpc) is 3.20. The Morgan fingerprint density at radius 1 is 1.18 bits per heavy atom. The van der Waals surface area contributed by atoms with Crippen molar-refractivity contribution in [3.05, 3.63) is 59.0 Å². The van der Waals surface area contributed by atoms with Gasteiger partial charge >= 0.3 is 0 Å². The SMILES string of the molecule is O=C(NCCCc1ccco1)C1CCN(S(=O)(=O)Cc2ccc(Cl)cc2)CC1. The van der Waals surface area contributed by atoms with Gasteiger partial charge in [0.15, 0.2) is 0 Å². The van der Waals surface area contributed by atoms with Gasteiger partial charge in [-0.05, 0) is 49.1 Å². The molecule has 152 valence electrons. The molecular formula is C20H25ClN2O4S. The maximum Gasteiger partial charge on any atom is 0.223 e. The minimum Gasteiger partial charge on any atom is -0.469 e. The number of piperidine rings is 1. The van der Waals surface area contributed by atoms with Crippen LogP contribution in [-0.2, 0) is 27.0 Å². The third-order valence-corrected chi connectivity index (χ3v) is 7.06. The van der Waals surface area contributed by atoms with E-state index in [-0.39, 0.29) is 17.6 Å². The lowest BCUT2D eigenvalue weighted by atomic mass is 9.97. The number of carbonyl (C=O) groups is 1. The molecule has 3 rings (SSSR count). The second kappa shape index (κ2) is 9.58. The molecule has 0 atom stereocenters. The lowest BCUT2D eigenvalue weighted by molar-refractivity contribution is -0.126. The third kappa shape index (κ3) is 5.83. The highest BCUT2D eigenvalue weighted by molar-refractivity contribution is 7.88. The Hall–Kier alpha value is -1.83. The van der Waals surface area contributed by atoms with Gasteiger partial charge in [0.25, 0.3) is 0 Å². The molecule has 1 saturated heterocycles. The molecule has 1 aliphatic rings. The van der Waals surface area contributed by atoms with Gasteiger partial charge < -0.3 is 9.73 Å². The van der Waals surface area contributed by atoms with E-state index >= 15 is 0 Å². The highest BCUT2D eigenvalue weighted by atomic mass is 35.5. The quantitative estimate of drug-likeness (QED) is 0.660. The fraction of sp³-hybridized carbons (Fsp3) is 0.450. The van der Waals surface area contributed by atoms with Crippen LogP contribution in [0.15, 0.2) is 47.1 Å². The first kappa shape index (κ1) is 20.9. The summed E-state index contributed by atoms with van der Waals surface area (Å²) in [4.78, 5) is 12.3. The molecule has 1 amide bonds. The Bertz CT molecular complexity index is 858. The molecular weight excluding hydrogens is 400 g/mol. The molecule has 0 bridgehead atoms. The van der Waals surface area contributed by atoms with Gasteiger partial charge in [0, 0.05) is 37.0 Å². The summed E-state index contributed by atoms with van der Waals surface area (Å²) in [5.41, 5.74) is 0.709. The lowest BCUT2D eigenvalue weighted by Crippen LogP contribution is -2.43. The summed E-state index contributed by atoms with van der Waals surface area (Å²) in [5.74, 6) is 0.738. The molecule has 0 aliphatic carbocycles. The van der Waals surface area contributed by atoms with Crippen LogP contribution in [0.3, 0.4) is 0 Å². The number of benzene rings is 1. The first-order valence-corrected chi connectivity index (χ1v) is 11.4. The van der Waals surface area contributed by atoms with E-state index < -0.39 is 10.0 Å². The molecule has 0 radical (unpaired) electrons. The summed E-state index contributed by atoms with van der Waals surface area (Å²) in [7, 11) is -3.40. The van der Waals surface area contributed by atoms with Crippen molar-refractivity contribution < 1.29 is 17.6 Å². The normalized spacial score (nSPS) is 16.2. The number of furan rings is 1. The van der Waals surface area contributed by atoms with Crippen molar-refractivity contribution in [1.29, 1.82) is 0 Å². The van der Waals surface area contributed by atoms with E-state index in [1.54, 1.807) is 30.5 Å². The number of carbonyl (C=O) groups excluding carboxylic acids is 1. The third-order valence-electron chi connectivity index (χ3n) is 4.96. The van der Waals surface area contributed by atoms with Gasteiger partial charge in [-0.1, -0.05) is 23.7 Å². The van der Waals surface area contributed by atoms with E-state index in [4.69, 9.17) is 16.0 Å². The first-order valence-electron chi connectivity index (χ1n) is 9.46. The van der Waals surface area contributed by atoms with E-state index in [0.29, 0.717) is 43.1 Å². The van der Waals surface area contributed by atoms with Crippen LogP contribution in [0, 0.1) is 5.92 Å². The van der Waals surface area contributed by atoms with Crippen molar-refractivity contribution in [3.63, 3.8) is 0 Å². The molecule has 2 aromatic rings. The van der Waals surface area contributed by atoms with Crippen LogP contribution in [0.4, 0.5) is 0 Å². The summed E-state index contributed by atoms with van der Waals surface area (Å²) in [6, 6.07) is 10.6. The van der Waals surface area contributed by atoms with E-state index in [1.165, 1.54) is 4.31 Å². The summed E-state index contributed by atoms with van der Waals surface area (Å²) in [5, 5.41) is 3.53. The summed E-state index contributed by atoms with van der Waals surface area (Å²) in [6.07, 6.45) is 4.33. The Morgan fingerprint density at radius 2 is 1.89 bits per heavy atom. The smallest absolute Gasteiger partial charge is 0.223 e. The fourth-order valence-electron chi connectivity index (χ4n) is 3.35. The highest BCUT2D eigenvalue weighted by Crippen LogP contribution is 2.22. The van der Waals surface area contributed by atoms with Crippen LogP contribution in [-0.4, -0.2) is 38.3 Å². The fourth-order valence-corrected chi connectivity index (χ4v) is 5.04. The van der Waals surface area contributed by atoms with Gasteiger partial charge in [-0.15, -0.1) is 0 Å². The van der Waals surface area contributed by atoms with Crippen LogP contribution in [0.2, 0.25) is 5.02 Å². The molecule has 1 aromatic heterocycles. The molecule has 0 saturated carbocycles. The van der Waals surface area contributed by atoms with Crippen LogP contribution in [0.5, 0.6) is 0 Å². The zero-order chi connectivity index (χ0) is 20.0. The molecule has 28 heavy (non-hydrogen) atoms. The minimum atomic E-state index is -3.40. The lowest BCUT2D eigenvalue weighted by Gasteiger charge is -2.30. The monoisotopic (exact) mass is 424 g/mol. The number of rotatable bonds is 8. The molecule has 0 spiro atoms. The van der Waals surface area contributed by atoms with Crippen molar-refractivity contribution in [2.45, 2.75) is 31.4 Å². The van der Waals surface area contributed by atoms with E-state index in [2.05, 4.69) is 5.32 Å². The van der Waals surface area contributed by atoms with Crippen molar-refractivity contribution in [1.82, 2.24) is 9.62 Å². The van der Waals surface area contributed by atoms with Gasteiger partial charge in [0.2, 0.25) is 15.9 Å². The maximum atomic E-state index is 12.6. The van der Waals surface area contributed by atoms with Crippen molar-refractivity contribution in [2.75, 3.05) is 19.6 Å². The summed E-state index contributed by atoms with van der Waals surface area (Å²) in [6.45, 7) is 1.34. The summed E-state index contributed by atoms with van der Waals surface area (Å²) >= 11 is 5.85. The van der Waals surface area contributed by atoms with Gasteiger partial charge in [-0.25, -0.2) is 12.7 Å². The highest BCUT2D eigenvalue weighted by Gasteiger charge is 2.31. The number of amides is 1. The number of nitrogens with zero attached hydrogens (tertiary/aromatic N) is 1. The number of aryl methyl sites for hydroxylation is 1. The zero-order valence-corrected chi connectivity index (χ0v) is 17.2. The first-order chi connectivity index (χ1) is 13.4. The molecule has 2 heterocycles. The van der Waals surface area contributed by atoms with E-state index in [1.807, 2.05) is 12.1 Å². The van der Waals surface area contributed by atoms with Gasteiger partial charge in [0.05, 0.1) is 12.0 Å². The second-order valence-corrected chi connectivity index (χ2v) is 9.44. The standard InChI is InChI=1S/C20H25ClN2O4S/c21-18-7-5-16(6-8-18)15-28(25,26)23-12-9-17(10-13-23)20(24)22-11-1-3-19-4-2-14-27-19/h2,4-8,14,17H,1,3,9-13,15H2,(H,22,24). The number of nitrogens with one attached hydrogen (secondary N) is 1. The molecule has 1 aromatic carbocycles. The average molecular weight is 425 g/mol. The largest absolute Gasteiger partial charge is 0.469 e. The van der Waals surface area contributed by atoms with Crippen LogP contribution in [0.1, 0.15) is 30.6 Å². The number of halogens is 1. The van der Waals surface area contributed by atoms with Crippen molar-refractivity contribution in [3.8, 4) is 0 Å². The zero-order valence-electron chi connectivity index (χ0n) is 15.6.